The van der Waals surface area contributed by atoms with Gasteiger partial charge in [-0.2, -0.15) is 4.99 Å². The molecule has 2 aliphatic rings. The van der Waals surface area contributed by atoms with Crippen molar-refractivity contribution in [2.24, 2.45) is 4.99 Å². The minimum atomic E-state index is -0.469. The number of benzene rings is 1. The lowest BCUT2D eigenvalue weighted by atomic mass is 10.1. The van der Waals surface area contributed by atoms with Gasteiger partial charge in [-0.3, -0.25) is 19.3 Å². The Morgan fingerprint density at radius 3 is 2.47 bits per heavy atom. The Balaban J connectivity index is 1.45. The van der Waals surface area contributed by atoms with E-state index < -0.39 is 5.25 Å². The third-order valence-electron chi connectivity index (χ3n) is 5.90. The molecular formula is C23H33N5O3S. The van der Waals surface area contributed by atoms with Crippen LogP contribution in [0.5, 0.6) is 0 Å². The van der Waals surface area contributed by atoms with Crippen LogP contribution in [0.2, 0.25) is 0 Å². The summed E-state index contributed by atoms with van der Waals surface area (Å²) in [5.41, 5.74) is 1.14. The number of carbonyl (C=O) groups excluding carboxylic acids is 3. The lowest BCUT2D eigenvalue weighted by Crippen LogP contribution is -2.42. The van der Waals surface area contributed by atoms with Crippen LogP contribution in [0, 0.1) is 0 Å². The van der Waals surface area contributed by atoms with Gasteiger partial charge in [0.15, 0.2) is 5.17 Å². The number of aliphatic imine (C=N–C) groups is 1. The molecular weight excluding hydrogens is 426 g/mol. The SMILES string of the molecule is CCN(CC)C(C)CNC(=O)c1ccc(NC(=O)CC2SC(N3CCCC3)=NC2=O)cc1. The number of anilines is 1. The fraction of sp³-hybridized carbons (Fsp3) is 0.565. The maximum atomic E-state index is 12.4. The molecule has 0 radical (unpaired) electrons. The Labute approximate surface area is 194 Å². The second kappa shape index (κ2) is 11.5. The van der Waals surface area contributed by atoms with Gasteiger partial charge in [0.2, 0.25) is 5.91 Å². The highest BCUT2D eigenvalue weighted by molar-refractivity contribution is 8.15. The summed E-state index contributed by atoms with van der Waals surface area (Å²) in [5.74, 6) is -0.613. The molecule has 174 valence electrons. The van der Waals surface area contributed by atoms with Crippen LogP contribution in [-0.4, -0.2) is 76.7 Å². The molecule has 8 nitrogen and oxygen atoms in total. The zero-order valence-electron chi connectivity index (χ0n) is 19.1. The Kier molecular flexibility index (Phi) is 8.69. The van der Waals surface area contributed by atoms with Crippen LogP contribution in [0.3, 0.4) is 0 Å². The summed E-state index contributed by atoms with van der Waals surface area (Å²) in [6, 6.07) is 7.06. The average molecular weight is 460 g/mol. The summed E-state index contributed by atoms with van der Waals surface area (Å²) < 4.78 is 0. The van der Waals surface area contributed by atoms with E-state index >= 15 is 0 Å². The Bertz CT molecular complexity index is 848. The largest absolute Gasteiger partial charge is 0.351 e. The Hall–Kier alpha value is -2.39. The highest BCUT2D eigenvalue weighted by Crippen LogP contribution is 2.29. The van der Waals surface area contributed by atoms with Crippen molar-refractivity contribution in [1.29, 1.82) is 0 Å². The first-order valence-corrected chi connectivity index (χ1v) is 12.3. The quantitative estimate of drug-likeness (QED) is 0.590. The fourth-order valence-electron chi connectivity index (χ4n) is 3.96. The Morgan fingerprint density at radius 2 is 1.84 bits per heavy atom. The molecule has 1 aromatic rings. The van der Waals surface area contributed by atoms with Crippen LogP contribution in [0.15, 0.2) is 29.3 Å². The summed E-state index contributed by atoms with van der Waals surface area (Å²) in [6.45, 7) is 10.6. The molecule has 2 heterocycles. The summed E-state index contributed by atoms with van der Waals surface area (Å²) in [5, 5.41) is 6.05. The number of amides is 3. The van der Waals surface area contributed by atoms with Crippen LogP contribution in [0.1, 0.15) is 50.4 Å². The number of likely N-dealkylation sites (N-methyl/N-ethyl adjacent to an activating group) is 1. The van der Waals surface area contributed by atoms with Gasteiger partial charge in [-0.25, -0.2) is 0 Å². The molecule has 0 aliphatic carbocycles. The third-order valence-corrected chi connectivity index (χ3v) is 7.11. The molecule has 0 aromatic heterocycles. The van der Waals surface area contributed by atoms with Crippen molar-refractivity contribution >= 4 is 40.3 Å². The maximum Gasteiger partial charge on any atom is 0.262 e. The van der Waals surface area contributed by atoms with Crippen molar-refractivity contribution in [2.75, 3.05) is 38.0 Å². The molecule has 0 bridgehead atoms. The van der Waals surface area contributed by atoms with E-state index in [0.717, 1.165) is 44.2 Å². The second-order valence-electron chi connectivity index (χ2n) is 8.14. The molecule has 3 rings (SSSR count). The van der Waals surface area contributed by atoms with Crippen LogP contribution >= 0.6 is 11.8 Å². The minimum absolute atomic E-state index is 0.0792. The van der Waals surface area contributed by atoms with Crippen molar-refractivity contribution < 1.29 is 14.4 Å². The monoisotopic (exact) mass is 459 g/mol. The molecule has 1 saturated heterocycles. The molecule has 1 aromatic carbocycles. The number of hydrogen-bond donors (Lipinski definition) is 2. The summed E-state index contributed by atoms with van der Waals surface area (Å²) in [7, 11) is 0. The maximum absolute atomic E-state index is 12.4. The van der Waals surface area contributed by atoms with Gasteiger partial charge in [0.05, 0.1) is 0 Å². The van der Waals surface area contributed by atoms with Crippen LogP contribution in [-0.2, 0) is 9.59 Å². The summed E-state index contributed by atoms with van der Waals surface area (Å²) in [6.07, 6.45) is 2.31. The van der Waals surface area contributed by atoms with Gasteiger partial charge in [0.25, 0.3) is 11.8 Å². The highest BCUT2D eigenvalue weighted by atomic mass is 32.2. The van der Waals surface area contributed by atoms with E-state index in [1.165, 1.54) is 11.8 Å². The molecule has 9 heteroatoms. The first kappa shape index (κ1) is 24.3. The molecule has 2 atom stereocenters. The topological polar surface area (TPSA) is 94.1 Å². The van der Waals surface area contributed by atoms with Gasteiger partial charge in [0, 0.05) is 43.3 Å². The van der Waals surface area contributed by atoms with Crippen LogP contribution in [0.4, 0.5) is 5.69 Å². The molecule has 2 N–H and O–H groups in total. The zero-order valence-corrected chi connectivity index (χ0v) is 19.9. The number of thioether (sulfide) groups is 1. The summed E-state index contributed by atoms with van der Waals surface area (Å²) in [4.78, 5) is 45.6. The first-order valence-electron chi connectivity index (χ1n) is 11.4. The number of carbonyl (C=O) groups is 3. The normalized spacial score (nSPS) is 19.2. The summed E-state index contributed by atoms with van der Waals surface area (Å²) >= 11 is 1.38. The lowest BCUT2D eigenvalue weighted by molar-refractivity contribution is -0.121. The fourth-order valence-corrected chi connectivity index (χ4v) is 5.07. The minimum Gasteiger partial charge on any atom is -0.351 e. The lowest BCUT2D eigenvalue weighted by Gasteiger charge is -2.26. The molecule has 3 amide bonds. The van der Waals surface area contributed by atoms with Gasteiger partial charge in [-0.15, -0.1) is 0 Å². The molecule has 1 fully saturated rings. The second-order valence-corrected chi connectivity index (χ2v) is 9.31. The predicted octanol–water partition coefficient (Wildman–Crippen LogP) is 2.57. The van der Waals surface area contributed by atoms with E-state index in [1.807, 2.05) is 0 Å². The average Bonchev–Trinajstić information content (AvgIpc) is 3.44. The molecule has 0 spiro atoms. The van der Waals surface area contributed by atoms with E-state index in [2.05, 4.69) is 46.2 Å². The van der Waals surface area contributed by atoms with Gasteiger partial charge in [0.1, 0.15) is 5.25 Å². The van der Waals surface area contributed by atoms with E-state index in [9.17, 15) is 14.4 Å². The third kappa shape index (κ3) is 6.32. The number of nitrogens with zero attached hydrogens (tertiary/aromatic N) is 3. The zero-order chi connectivity index (χ0) is 23.1. The number of likely N-dealkylation sites (tertiary alicyclic amines) is 1. The van der Waals surface area contributed by atoms with Crippen molar-refractivity contribution in [3.05, 3.63) is 29.8 Å². The van der Waals surface area contributed by atoms with E-state index in [-0.39, 0.29) is 30.2 Å². The van der Waals surface area contributed by atoms with Crippen molar-refractivity contribution in [2.45, 2.75) is 51.3 Å². The van der Waals surface area contributed by atoms with E-state index in [4.69, 9.17) is 0 Å². The molecule has 0 saturated carbocycles. The van der Waals surface area contributed by atoms with Crippen molar-refractivity contribution in [1.82, 2.24) is 15.1 Å². The van der Waals surface area contributed by atoms with E-state index in [0.29, 0.717) is 17.8 Å². The Morgan fingerprint density at radius 1 is 1.19 bits per heavy atom. The highest BCUT2D eigenvalue weighted by Gasteiger charge is 2.33. The van der Waals surface area contributed by atoms with Crippen molar-refractivity contribution in [3.8, 4) is 0 Å². The van der Waals surface area contributed by atoms with Crippen LogP contribution in [0.25, 0.3) is 0 Å². The number of rotatable bonds is 9. The van der Waals surface area contributed by atoms with Gasteiger partial charge in [-0.05, 0) is 57.1 Å². The van der Waals surface area contributed by atoms with Gasteiger partial charge >= 0.3 is 0 Å². The smallest absolute Gasteiger partial charge is 0.262 e. The van der Waals surface area contributed by atoms with Gasteiger partial charge < -0.3 is 15.5 Å². The van der Waals surface area contributed by atoms with Crippen molar-refractivity contribution in [3.63, 3.8) is 0 Å². The number of amidine groups is 1. The number of hydrogen-bond acceptors (Lipinski definition) is 6. The molecule has 2 aliphatic heterocycles. The van der Waals surface area contributed by atoms with E-state index in [1.54, 1.807) is 24.3 Å². The van der Waals surface area contributed by atoms with Gasteiger partial charge in [-0.1, -0.05) is 25.6 Å². The molecule has 2 unspecified atom stereocenters. The van der Waals surface area contributed by atoms with Crippen LogP contribution < -0.4 is 10.6 Å². The first-order chi connectivity index (χ1) is 15.4. The standard InChI is InChI=1S/C23H33N5O3S/c1-4-27(5-2)16(3)15-24-21(30)17-8-10-18(11-9-17)25-20(29)14-19-22(31)26-23(32-19)28-12-6-7-13-28/h8-11,16,19H,4-7,12-15H2,1-3H3,(H,24,30)(H,25,29). The predicted molar refractivity (Wildman–Crippen MR) is 129 cm³/mol. The molecule has 32 heavy (non-hydrogen) atoms. The number of nitrogens with one attached hydrogen (secondary N) is 2.